The minimum absolute atomic E-state index is 0.0342. The van der Waals surface area contributed by atoms with Crippen LogP contribution in [0.2, 0.25) is 0 Å². The highest BCUT2D eigenvalue weighted by molar-refractivity contribution is 5.76. The number of primary amides is 1. The summed E-state index contributed by atoms with van der Waals surface area (Å²) in [6.07, 6.45) is 5.36. The molecule has 3 rings (SSSR count). The molecule has 1 atom stereocenters. The number of ether oxygens (including phenoxy) is 2. The Hall–Kier alpha value is -2.83. The van der Waals surface area contributed by atoms with Crippen molar-refractivity contribution < 1.29 is 14.3 Å². The topological polar surface area (TPSA) is 90.6 Å². The molecule has 1 amide bonds. The molecule has 1 aromatic carbocycles. The van der Waals surface area contributed by atoms with Crippen molar-refractivity contribution in [3.8, 4) is 11.5 Å². The van der Waals surface area contributed by atoms with E-state index in [1.807, 2.05) is 31.2 Å². The average molecular weight is 356 g/mol. The van der Waals surface area contributed by atoms with Gasteiger partial charge in [-0.2, -0.15) is 0 Å². The third kappa shape index (κ3) is 4.62. The Bertz CT molecular complexity index is 753. The molecule has 2 heterocycles. The van der Waals surface area contributed by atoms with Gasteiger partial charge in [0.15, 0.2) is 11.5 Å². The van der Waals surface area contributed by atoms with Crippen LogP contribution in [0, 0.1) is 0 Å². The highest BCUT2D eigenvalue weighted by atomic mass is 16.5. The number of carbonyl (C=O) groups excluding carboxylic acids is 1. The van der Waals surface area contributed by atoms with E-state index in [1.54, 1.807) is 12.4 Å². The number of nitrogens with zero attached hydrogens (tertiary/aromatic N) is 3. The molecule has 1 aliphatic heterocycles. The number of hydrogen-bond acceptors (Lipinski definition) is 6. The number of piperidine rings is 1. The number of para-hydroxylation sites is 2. The number of hydrogen-bond donors (Lipinski definition) is 1. The van der Waals surface area contributed by atoms with E-state index in [9.17, 15) is 4.79 Å². The normalized spacial score (nSPS) is 17.0. The van der Waals surface area contributed by atoms with Gasteiger partial charge in [-0.25, -0.2) is 4.98 Å². The van der Waals surface area contributed by atoms with Crippen LogP contribution in [0.5, 0.6) is 11.5 Å². The first kappa shape index (κ1) is 18.0. The second kappa shape index (κ2) is 8.51. The fourth-order valence-corrected chi connectivity index (χ4v) is 3.06. The van der Waals surface area contributed by atoms with Crippen LogP contribution in [0.25, 0.3) is 0 Å². The Labute approximate surface area is 153 Å². The van der Waals surface area contributed by atoms with Crippen molar-refractivity contribution in [1.82, 2.24) is 9.97 Å². The fraction of sp³-hybridized carbons (Fsp3) is 0.421. The summed E-state index contributed by atoms with van der Waals surface area (Å²) in [5.74, 6) is 1.85. The van der Waals surface area contributed by atoms with Crippen LogP contribution < -0.4 is 20.1 Å². The van der Waals surface area contributed by atoms with Crippen LogP contribution in [0.15, 0.2) is 36.7 Å². The molecule has 138 valence electrons. The lowest BCUT2D eigenvalue weighted by Gasteiger charge is -2.33. The van der Waals surface area contributed by atoms with Gasteiger partial charge in [-0.15, -0.1) is 0 Å². The maximum absolute atomic E-state index is 11.1. The molecule has 2 N–H and O–H groups in total. The average Bonchev–Trinajstić information content (AvgIpc) is 2.63. The zero-order valence-electron chi connectivity index (χ0n) is 14.9. The van der Waals surface area contributed by atoms with Crippen molar-refractivity contribution in [3.63, 3.8) is 0 Å². The smallest absolute Gasteiger partial charge is 0.223 e. The van der Waals surface area contributed by atoms with Crippen LogP contribution in [-0.4, -0.2) is 41.7 Å². The molecule has 26 heavy (non-hydrogen) atoms. The standard InChI is InChI=1S/C19H24N4O3/c1-2-25-16-7-3-4-8-17(16)26-15-6-5-9-23(13-15)19-12-21-11-14(22-19)10-18(20)24/h3-4,7-8,11-12,15H,2,5-6,9-10,13H2,1H3,(H2,20,24). The molecule has 7 nitrogen and oxygen atoms in total. The van der Waals surface area contributed by atoms with E-state index in [-0.39, 0.29) is 12.5 Å². The Kier molecular flexibility index (Phi) is 5.88. The first-order chi connectivity index (χ1) is 12.7. The van der Waals surface area contributed by atoms with Crippen molar-refractivity contribution in [2.24, 2.45) is 5.73 Å². The zero-order valence-corrected chi connectivity index (χ0v) is 14.9. The maximum Gasteiger partial charge on any atom is 0.223 e. The maximum atomic E-state index is 11.1. The van der Waals surface area contributed by atoms with E-state index in [0.717, 1.165) is 36.7 Å². The molecule has 7 heteroatoms. The van der Waals surface area contributed by atoms with Crippen molar-refractivity contribution in [2.75, 3.05) is 24.6 Å². The Morgan fingerprint density at radius 1 is 1.31 bits per heavy atom. The highest BCUT2D eigenvalue weighted by Crippen LogP contribution is 2.29. The molecule has 1 saturated heterocycles. The quantitative estimate of drug-likeness (QED) is 0.815. The Balaban J connectivity index is 1.69. The third-order valence-corrected chi connectivity index (χ3v) is 4.17. The van der Waals surface area contributed by atoms with Crippen molar-refractivity contribution in [3.05, 3.63) is 42.4 Å². The van der Waals surface area contributed by atoms with Crippen LogP contribution in [0.4, 0.5) is 5.82 Å². The molecule has 0 saturated carbocycles. The molecular formula is C19H24N4O3. The molecule has 0 radical (unpaired) electrons. The summed E-state index contributed by atoms with van der Waals surface area (Å²) in [6.45, 7) is 4.13. The summed E-state index contributed by atoms with van der Waals surface area (Å²) in [5, 5.41) is 0. The third-order valence-electron chi connectivity index (χ3n) is 4.17. The molecule has 1 unspecified atom stereocenters. The molecule has 1 aliphatic rings. The first-order valence-electron chi connectivity index (χ1n) is 8.88. The van der Waals surface area contributed by atoms with E-state index < -0.39 is 5.91 Å². The molecule has 2 aromatic rings. The second-order valence-electron chi connectivity index (χ2n) is 6.22. The monoisotopic (exact) mass is 356 g/mol. The SMILES string of the molecule is CCOc1ccccc1OC1CCCN(c2cncc(CC(N)=O)n2)C1. The minimum Gasteiger partial charge on any atom is -0.490 e. The lowest BCUT2D eigenvalue weighted by atomic mass is 10.1. The summed E-state index contributed by atoms with van der Waals surface area (Å²) in [4.78, 5) is 21.9. The molecule has 1 fully saturated rings. The Morgan fingerprint density at radius 2 is 2.12 bits per heavy atom. The van der Waals surface area contributed by atoms with Gasteiger partial charge in [0.2, 0.25) is 5.91 Å². The van der Waals surface area contributed by atoms with Gasteiger partial charge >= 0.3 is 0 Å². The molecule has 0 spiro atoms. The lowest BCUT2D eigenvalue weighted by molar-refractivity contribution is -0.117. The van der Waals surface area contributed by atoms with E-state index in [2.05, 4.69) is 14.9 Å². The van der Waals surface area contributed by atoms with E-state index in [1.165, 1.54) is 0 Å². The van der Waals surface area contributed by atoms with Gasteiger partial charge in [-0.1, -0.05) is 12.1 Å². The fourth-order valence-electron chi connectivity index (χ4n) is 3.06. The highest BCUT2D eigenvalue weighted by Gasteiger charge is 2.23. The zero-order chi connectivity index (χ0) is 18.4. The van der Waals surface area contributed by atoms with Gasteiger partial charge in [0.05, 0.1) is 31.5 Å². The molecule has 0 bridgehead atoms. The lowest BCUT2D eigenvalue weighted by Crippen LogP contribution is -2.41. The largest absolute Gasteiger partial charge is 0.490 e. The van der Waals surface area contributed by atoms with E-state index >= 15 is 0 Å². The molecular weight excluding hydrogens is 332 g/mol. The van der Waals surface area contributed by atoms with Gasteiger partial charge in [0.25, 0.3) is 0 Å². The Morgan fingerprint density at radius 3 is 2.88 bits per heavy atom. The molecule has 0 aliphatic carbocycles. The minimum atomic E-state index is -0.413. The van der Waals surface area contributed by atoms with Crippen LogP contribution in [-0.2, 0) is 11.2 Å². The second-order valence-corrected chi connectivity index (χ2v) is 6.22. The predicted molar refractivity (Wildman–Crippen MR) is 98.4 cm³/mol. The predicted octanol–water partition coefficient (Wildman–Crippen LogP) is 1.95. The van der Waals surface area contributed by atoms with Crippen molar-refractivity contribution >= 4 is 11.7 Å². The number of rotatable bonds is 7. The number of amides is 1. The van der Waals surface area contributed by atoms with Gasteiger partial charge in [-0.3, -0.25) is 9.78 Å². The van der Waals surface area contributed by atoms with E-state index in [4.69, 9.17) is 15.2 Å². The summed E-state index contributed by atoms with van der Waals surface area (Å²) in [6, 6.07) is 7.72. The van der Waals surface area contributed by atoms with Gasteiger partial charge in [-0.05, 0) is 31.9 Å². The van der Waals surface area contributed by atoms with Gasteiger partial charge < -0.3 is 20.1 Å². The van der Waals surface area contributed by atoms with Crippen molar-refractivity contribution in [2.45, 2.75) is 32.3 Å². The summed E-state index contributed by atoms with van der Waals surface area (Å²) >= 11 is 0. The number of benzene rings is 1. The number of anilines is 1. The first-order valence-corrected chi connectivity index (χ1v) is 8.88. The van der Waals surface area contributed by atoms with Crippen molar-refractivity contribution in [1.29, 1.82) is 0 Å². The van der Waals surface area contributed by atoms with Crippen LogP contribution >= 0.6 is 0 Å². The van der Waals surface area contributed by atoms with E-state index in [0.29, 0.717) is 18.8 Å². The summed E-state index contributed by atoms with van der Waals surface area (Å²) in [5.41, 5.74) is 5.83. The summed E-state index contributed by atoms with van der Waals surface area (Å²) < 4.78 is 11.8. The number of carbonyl (C=O) groups is 1. The van der Waals surface area contributed by atoms with Crippen LogP contribution in [0.3, 0.4) is 0 Å². The van der Waals surface area contributed by atoms with Gasteiger partial charge in [0.1, 0.15) is 11.9 Å². The number of nitrogens with two attached hydrogens (primary N) is 1. The van der Waals surface area contributed by atoms with Gasteiger partial charge in [0, 0.05) is 12.7 Å². The number of aromatic nitrogens is 2. The van der Waals surface area contributed by atoms with Crippen LogP contribution in [0.1, 0.15) is 25.5 Å². The molecule has 1 aromatic heterocycles. The summed E-state index contributed by atoms with van der Waals surface area (Å²) in [7, 11) is 0.